The van der Waals surface area contributed by atoms with Crippen LogP contribution in [-0.2, 0) is 0 Å². The van der Waals surface area contributed by atoms with Crippen LogP contribution in [0.25, 0.3) is 0 Å². The maximum atomic E-state index is 3.39. The molecular formula is C13H27N. The first-order valence-electron chi connectivity index (χ1n) is 6.44. The number of hydrogen-bond donors (Lipinski definition) is 1. The zero-order valence-electron chi connectivity index (χ0n) is 10.2. The van der Waals surface area contributed by atoms with Gasteiger partial charge in [0.2, 0.25) is 0 Å². The van der Waals surface area contributed by atoms with Crippen LogP contribution in [-0.4, -0.2) is 13.1 Å². The summed E-state index contributed by atoms with van der Waals surface area (Å²) in [6.07, 6.45) is 7.31. The van der Waals surface area contributed by atoms with Crippen molar-refractivity contribution in [1.82, 2.24) is 5.32 Å². The number of unbranched alkanes of at least 4 members (excludes halogenated alkanes) is 1. The van der Waals surface area contributed by atoms with Crippen LogP contribution in [0.2, 0.25) is 0 Å². The molecule has 0 radical (unpaired) electrons. The van der Waals surface area contributed by atoms with Crippen LogP contribution in [0.3, 0.4) is 0 Å². The van der Waals surface area contributed by atoms with E-state index in [0.717, 1.165) is 24.3 Å². The second-order valence-corrected chi connectivity index (χ2v) is 5.19. The highest BCUT2D eigenvalue weighted by atomic mass is 14.8. The summed E-state index contributed by atoms with van der Waals surface area (Å²) in [4.78, 5) is 0. The lowest BCUT2D eigenvalue weighted by atomic mass is 9.68. The van der Waals surface area contributed by atoms with Crippen LogP contribution in [0.4, 0.5) is 0 Å². The Bertz CT molecular complexity index is 136. The number of rotatable bonds is 7. The molecule has 0 heterocycles. The number of hydrogen-bond acceptors (Lipinski definition) is 1. The molecule has 0 saturated heterocycles. The molecule has 84 valence electrons. The topological polar surface area (TPSA) is 12.0 Å². The van der Waals surface area contributed by atoms with E-state index in [1.165, 1.54) is 38.6 Å². The summed E-state index contributed by atoms with van der Waals surface area (Å²) < 4.78 is 0. The molecule has 1 saturated carbocycles. The summed E-state index contributed by atoms with van der Waals surface area (Å²) >= 11 is 0. The van der Waals surface area contributed by atoms with E-state index in [0.29, 0.717) is 0 Å². The second-order valence-electron chi connectivity index (χ2n) is 5.19. The van der Waals surface area contributed by atoms with E-state index in [1.807, 2.05) is 0 Å². The van der Waals surface area contributed by atoms with Gasteiger partial charge in [0.1, 0.15) is 0 Å². The van der Waals surface area contributed by atoms with Crippen molar-refractivity contribution >= 4 is 0 Å². The van der Waals surface area contributed by atoms with Gasteiger partial charge in [-0.2, -0.15) is 0 Å². The van der Waals surface area contributed by atoms with Crippen molar-refractivity contribution in [2.45, 2.75) is 52.9 Å². The van der Waals surface area contributed by atoms with Crippen LogP contribution >= 0.6 is 0 Å². The van der Waals surface area contributed by atoms with Crippen molar-refractivity contribution in [2.24, 2.45) is 17.8 Å². The molecule has 1 heteroatoms. The highest BCUT2D eigenvalue weighted by Crippen LogP contribution is 2.41. The lowest BCUT2D eigenvalue weighted by Gasteiger charge is -2.38. The fourth-order valence-electron chi connectivity index (χ4n) is 2.43. The van der Waals surface area contributed by atoms with Gasteiger partial charge >= 0.3 is 0 Å². The zero-order chi connectivity index (χ0) is 10.4. The van der Waals surface area contributed by atoms with E-state index >= 15 is 0 Å². The van der Waals surface area contributed by atoms with Gasteiger partial charge in [-0.3, -0.25) is 0 Å². The predicted molar refractivity (Wildman–Crippen MR) is 63.4 cm³/mol. The Kier molecular flexibility index (Phi) is 5.54. The van der Waals surface area contributed by atoms with E-state index in [-0.39, 0.29) is 0 Å². The molecule has 0 aromatic rings. The van der Waals surface area contributed by atoms with Crippen LogP contribution in [0, 0.1) is 17.8 Å². The highest BCUT2D eigenvalue weighted by molar-refractivity contribution is 4.81. The Balaban J connectivity index is 1.86. The quantitative estimate of drug-likeness (QED) is 0.616. The third-order valence-corrected chi connectivity index (χ3v) is 3.68. The fourth-order valence-corrected chi connectivity index (χ4v) is 2.43. The largest absolute Gasteiger partial charge is 0.317 e. The molecule has 0 atom stereocenters. The van der Waals surface area contributed by atoms with E-state index in [2.05, 4.69) is 26.1 Å². The molecule has 0 bridgehead atoms. The van der Waals surface area contributed by atoms with Gasteiger partial charge in [0.25, 0.3) is 0 Å². The molecule has 0 aliphatic heterocycles. The summed E-state index contributed by atoms with van der Waals surface area (Å²) in [7, 11) is 0. The first-order valence-corrected chi connectivity index (χ1v) is 6.44. The summed E-state index contributed by atoms with van der Waals surface area (Å²) in [5.41, 5.74) is 0. The minimum absolute atomic E-state index is 0.924. The van der Waals surface area contributed by atoms with Crippen molar-refractivity contribution in [2.75, 3.05) is 13.1 Å². The fraction of sp³-hybridized carbons (Fsp3) is 1.00. The number of nitrogens with one attached hydrogen (secondary N) is 1. The van der Waals surface area contributed by atoms with Crippen molar-refractivity contribution < 1.29 is 0 Å². The SMILES string of the molecule is CCNCCCCC1CC(C(C)C)C1. The summed E-state index contributed by atoms with van der Waals surface area (Å²) in [5.74, 6) is 3.05. The average molecular weight is 197 g/mol. The lowest BCUT2D eigenvalue weighted by molar-refractivity contribution is 0.131. The van der Waals surface area contributed by atoms with E-state index < -0.39 is 0 Å². The molecule has 0 spiro atoms. The highest BCUT2D eigenvalue weighted by Gasteiger charge is 2.30. The monoisotopic (exact) mass is 197 g/mol. The molecular weight excluding hydrogens is 170 g/mol. The predicted octanol–water partition coefficient (Wildman–Crippen LogP) is 3.45. The molecule has 0 aromatic heterocycles. The van der Waals surface area contributed by atoms with E-state index in [1.54, 1.807) is 0 Å². The molecule has 1 nitrogen and oxygen atoms in total. The molecule has 1 rings (SSSR count). The van der Waals surface area contributed by atoms with E-state index in [4.69, 9.17) is 0 Å². The molecule has 1 aliphatic carbocycles. The molecule has 0 aromatic carbocycles. The Morgan fingerprint density at radius 1 is 1.21 bits per heavy atom. The van der Waals surface area contributed by atoms with Gasteiger partial charge < -0.3 is 5.32 Å². The third kappa shape index (κ3) is 4.00. The zero-order valence-corrected chi connectivity index (χ0v) is 10.2. The van der Waals surface area contributed by atoms with Gasteiger partial charge in [-0.05, 0) is 50.1 Å². The van der Waals surface area contributed by atoms with Gasteiger partial charge in [0, 0.05) is 0 Å². The Hall–Kier alpha value is -0.0400. The minimum atomic E-state index is 0.924. The maximum absolute atomic E-state index is 3.39. The lowest BCUT2D eigenvalue weighted by Crippen LogP contribution is -2.27. The molecule has 1 N–H and O–H groups in total. The van der Waals surface area contributed by atoms with Gasteiger partial charge in [-0.15, -0.1) is 0 Å². The summed E-state index contributed by atoms with van der Waals surface area (Å²) in [6.45, 7) is 9.26. The molecule has 0 amide bonds. The van der Waals surface area contributed by atoms with Crippen molar-refractivity contribution in [3.8, 4) is 0 Å². The maximum Gasteiger partial charge on any atom is -0.00490 e. The Labute approximate surface area is 89.7 Å². The third-order valence-electron chi connectivity index (χ3n) is 3.68. The van der Waals surface area contributed by atoms with E-state index in [9.17, 15) is 0 Å². The molecule has 1 fully saturated rings. The Morgan fingerprint density at radius 2 is 1.93 bits per heavy atom. The summed E-state index contributed by atoms with van der Waals surface area (Å²) in [5, 5.41) is 3.39. The van der Waals surface area contributed by atoms with Gasteiger partial charge in [-0.1, -0.05) is 33.6 Å². The van der Waals surface area contributed by atoms with Gasteiger partial charge in [0.15, 0.2) is 0 Å². The first kappa shape index (κ1) is 12.0. The smallest absolute Gasteiger partial charge is 0.00490 e. The van der Waals surface area contributed by atoms with Crippen molar-refractivity contribution in [3.63, 3.8) is 0 Å². The van der Waals surface area contributed by atoms with Gasteiger partial charge in [0.05, 0.1) is 0 Å². The van der Waals surface area contributed by atoms with Crippen LogP contribution in [0.15, 0.2) is 0 Å². The van der Waals surface area contributed by atoms with Crippen LogP contribution < -0.4 is 5.32 Å². The van der Waals surface area contributed by atoms with Gasteiger partial charge in [-0.25, -0.2) is 0 Å². The normalized spacial score (nSPS) is 26.6. The molecule has 0 unspecified atom stereocenters. The van der Waals surface area contributed by atoms with Crippen molar-refractivity contribution in [3.05, 3.63) is 0 Å². The van der Waals surface area contributed by atoms with Crippen LogP contribution in [0.5, 0.6) is 0 Å². The average Bonchev–Trinajstić information content (AvgIpc) is 2.06. The Morgan fingerprint density at radius 3 is 2.50 bits per heavy atom. The standard InChI is InChI=1S/C13H27N/c1-4-14-8-6-5-7-12-9-13(10-12)11(2)3/h11-14H,4-10H2,1-3H3. The molecule has 1 aliphatic rings. The molecule has 14 heavy (non-hydrogen) atoms. The minimum Gasteiger partial charge on any atom is -0.317 e. The van der Waals surface area contributed by atoms with Crippen molar-refractivity contribution in [1.29, 1.82) is 0 Å². The first-order chi connectivity index (χ1) is 6.74. The van der Waals surface area contributed by atoms with Crippen LogP contribution in [0.1, 0.15) is 52.9 Å². The summed E-state index contributed by atoms with van der Waals surface area (Å²) in [6, 6.07) is 0. The second kappa shape index (κ2) is 6.44.